The van der Waals surface area contributed by atoms with E-state index in [1.54, 1.807) is 0 Å². The van der Waals surface area contributed by atoms with E-state index in [-0.39, 0.29) is 23.7 Å². The Morgan fingerprint density at radius 2 is 1.79 bits per heavy atom. The molecule has 0 saturated heterocycles. The van der Waals surface area contributed by atoms with E-state index in [2.05, 4.69) is 5.32 Å². The molecular formula is C22H28N4O7S. The number of ether oxygens (including phenoxy) is 1. The Labute approximate surface area is 198 Å². The quantitative estimate of drug-likeness (QED) is 0.394. The highest BCUT2D eigenvalue weighted by molar-refractivity contribution is 7.92. The van der Waals surface area contributed by atoms with Crippen molar-refractivity contribution in [1.29, 1.82) is 0 Å². The molecule has 0 unspecified atom stereocenters. The van der Waals surface area contributed by atoms with Crippen LogP contribution < -0.4 is 14.4 Å². The van der Waals surface area contributed by atoms with Gasteiger partial charge in [-0.1, -0.05) is 29.8 Å². The Morgan fingerprint density at radius 3 is 2.29 bits per heavy atom. The summed E-state index contributed by atoms with van der Waals surface area (Å²) in [6, 6.07) is 9.88. The first-order valence-corrected chi connectivity index (χ1v) is 12.1. The first-order valence-electron chi connectivity index (χ1n) is 10.3. The molecule has 0 aliphatic carbocycles. The summed E-state index contributed by atoms with van der Waals surface area (Å²) in [5, 5.41) is 13.7. The standard InChI is InChI=1S/C22H28N4O7S/c1-15-6-8-17(9-7-15)13-24(16(2)22(28)23-3)21(27)14-25(34(5,31)32)19-12-18(26(29)30)10-11-20(19)33-4/h6-12,16H,13-14H2,1-5H3,(H,23,28)/t16-/m1/s1. The number of hydrogen-bond acceptors (Lipinski definition) is 7. The SMILES string of the molecule is CNC(=O)[C@@H](C)N(Cc1ccc(C)cc1)C(=O)CN(c1cc([N+](=O)[O-])ccc1OC)S(C)(=O)=O. The highest BCUT2D eigenvalue weighted by Crippen LogP contribution is 2.33. The van der Waals surface area contributed by atoms with Gasteiger partial charge in [-0.15, -0.1) is 0 Å². The zero-order valence-corrected chi connectivity index (χ0v) is 20.5. The maximum Gasteiger partial charge on any atom is 0.271 e. The molecule has 0 aliphatic rings. The van der Waals surface area contributed by atoms with Crippen molar-refractivity contribution < 1.29 is 27.7 Å². The number of nitrogens with zero attached hydrogens (tertiary/aromatic N) is 3. The lowest BCUT2D eigenvalue weighted by atomic mass is 10.1. The molecule has 0 bridgehead atoms. The summed E-state index contributed by atoms with van der Waals surface area (Å²) < 4.78 is 31.2. The smallest absolute Gasteiger partial charge is 0.271 e. The minimum Gasteiger partial charge on any atom is -0.495 e. The zero-order valence-electron chi connectivity index (χ0n) is 19.6. The molecule has 0 heterocycles. The average Bonchev–Trinajstić information content (AvgIpc) is 2.79. The van der Waals surface area contributed by atoms with Gasteiger partial charge in [0.25, 0.3) is 5.69 Å². The molecule has 12 heteroatoms. The predicted octanol–water partition coefficient (Wildman–Crippen LogP) is 1.84. The fraction of sp³-hybridized carbons (Fsp3) is 0.364. The van der Waals surface area contributed by atoms with Crippen LogP contribution in [0, 0.1) is 17.0 Å². The van der Waals surface area contributed by atoms with Crippen molar-refractivity contribution in [3.8, 4) is 5.75 Å². The first-order chi connectivity index (χ1) is 15.9. The van der Waals surface area contributed by atoms with Crippen LogP contribution in [0.25, 0.3) is 0 Å². The van der Waals surface area contributed by atoms with Crippen LogP contribution in [0.2, 0.25) is 0 Å². The molecule has 0 aromatic heterocycles. The van der Waals surface area contributed by atoms with Crippen molar-refractivity contribution in [3.05, 3.63) is 63.7 Å². The fourth-order valence-corrected chi connectivity index (χ4v) is 4.11. The molecule has 2 rings (SSSR count). The van der Waals surface area contributed by atoms with Gasteiger partial charge in [-0.25, -0.2) is 8.42 Å². The summed E-state index contributed by atoms with van der Waals surface area (Å²) in [4.78, 5) is 37.6. The van der Waals surface area contributed by atoms with E-state index in [1.807, 2.05) is 31.2 Å². The molecule has 34 heavy (non-hydrogen) atoms. The summed E-state index contributed by atoms with van der Waals surface area (Å²) in [6.45, 7) is 2.81. The third kappa shape index (κ3) is 6.44. The highest BCUT2D eigenvalue weighted by Gasteiger charge is 2.31. The fourth-order valence-electron chi connectivity index (χ4n) is 3.26. The molecule has 1 atom stereocenters. The summed E-state index contributed by atoms with van der Waals surface area (Å²) in [5.74, 6) is -1.07. The summed E-state index contributed by atoms with van der Waals surface area (Å²) in [7, 11) is -1.35. The van der Waals surface area contributed by atoms with Gasteiger partial charge in [0, 0.05) is 25.7 Å². The van der Waals surface area contributed by atoms with Crippen LogP contribution in [0.15, 0.2) is 42.5 Å². The van der Waals surface area contributed by atoms with Crippen LogP contribution in [-0.2, 0) is 26.2 Å². The highest BCUT2D eigenvalue weighted by atomic mass is 32.2. The molecule has 0 saturated carbocycles. The predicted molar refractivity (Wildman–Crippen MR) is 127 cm³/mol. The molecule has 11 nitrogen and oxygen atoms in total. The molecule has 1 N–H and O–H groups in total. The number of nitro benzene ring substituents is 1. The van der Waals surface area contributed by atoms with Gasteiger partial charge in [-0.2, -0.15) is 0 Å². The van der Waals surface area contributed by atoms with Gasteiger partial charge >= 0.3 is 0 Å². The topological polar surface area (TPSA) is 139 Å². The number of carbonyl (C=O) groups excluding carboxylic acids is 2. The number of rotatable bonds is 10. The molecule has 2 amide bonds. The Balaban J connectivity index is 2.50. The molecule has 0 radical (unpaired) electrons. The number of aryl methyl sites for hydroxylation is 1. The largest absolute Gasteiger partial charge is 0.495 e. The second-order valence-electron chi connectivity index (χ2n) is 7.68. The zero-order chi connectivity index (χ0) is 25.6. The van der Waals surface area contributed by atoms with Crippen molar-refractivity contribution >= 4 is 33.2 Å². The van der Waals surface area contributed by atoms with E-state index in [9.17, 15) is 28.1 Å². The number of carbonyl (C=O) groups is 2. The Bertz CT molecular complexity index is 1170. The number of sulfonamides is 1. The maximum absolute atomic E-state index is 13.4. The minimum atomic E-state index is -4.07. The monoisotopic (exact) mass is 492 g/mol. The van der Waals surface area contributed by atoms with Crippen molar-refractivity contribution in [1.82, 2.24) is 10.2 Å². The number of likely N-dealkylation sites (N-methyl/N-ethyl adjacent to an activating group) is 1. The van der Waals surface area contributed by atoms with E-state index < -0.39 is 39.3 Å². The van der Waals surface area contributed by atoms with Crippen LogP contribution in [0.1, 0.15) is 18.1 Å². The summed E-state index contributed by atoms with van der Waals surface area (Å²) >= 11 is 0. The van der Waals surface area contributed by atoms with Crippen LogP contribution >= 0.6 is 0 Å². The summed E-state index contributed by atoms with van der Waals surface area (Å²) in [5.41, 5.74) is 1.23. The Morgan fingerprint density at radius 1 is 1.18 bits per heavy atom. The normalized spacial score (nSPS) is 11.9. The van der Waals surface area contributed by atoms with Gasteiger partial charge < -0.3 is 15.0 Å². The van der Waals surface area contributed by atoms with Crippen LogP contribution in [0.4, 0.5) is 11.4 Å². The Kier molecular flexibility index (Phi) is 8.57. The molecule has 0 aliphatic heterocycles. The molecule has 2 aromatic carbocycles. The van der Waals surface area contributed by atoms with E-state index >= 15 is 0 Å². The summed E-state index contributed by atoms with van der Waals surface area (Å²) in [6.07, 6.45) is 0.880. The van der Waals surface area contributed by atoms with Gasteiger partial charge in [-0.05, 0) is 25.5 Å². The number of anilines is 1. The molecule has 0 spiro atoms. The van der Waals surface area contributed by atoms with Gasteiger partial charge in [0.15, 0.2) is 0 Å². The average molecular weight is 493 g/mol. The van der Waals surface area contributed by atoms with E-state index in [0.717, 1.165) is 27.8 Å². The van der Waals surface area contributed by atoms with Crippen molar-refractivity contribution in [2.45, 2.75) is 26.4 Å². The number of amides is 2. The Hall–Kier alpha value is -3.67. The maximum atomic E-state index is 13.4. The third-order valence-electron chi connectivity index (χ3n) is 5.21. The number of hydrogen-bond donors (Lipinski definition) is 1. The lowest BCUT2D eigenvalue weighted by Crippen LogP contribution is -2.50. The van der Waals surface area contributed by atoms with Crippen molar-refractivity contribution in [2.24, 2.45) is 0 Å². The van der Waals surface area contributed by atoms with E-state index in [1.165, 1.54) is 38.1 Å². The lowest BCUT2D eigenvalue weighted by molar-refractivity contribution is -0.384. The van der Waals surface area contributed by atoms with Gasteiger partial charge in [0.1, 0.15) is 24.0 Å². The molecule has 184 valence electrons. The van der Waals surface area contributed by atoms with Crippen LogP contribution in [-0.4, -0.2) is 63.1 Å². The number of methoxy groups -OCH3 is 1. The molecular weight excluding hydrogens is 464 g/mol. The molecule has 2 aromatic rings. The number of benzene rings is 2. The van der Waals surface area contributed by atoms with Crippen LogP contribution in [0.5, 0.6) is 5.75 Å². The number of nitro groups is 1. The first kappa shape index (κ1) is 26.6. The minimum absolute atomic E-state index is 0.0354. The van der Waals surface area contributed by atoms with Crippen molar-refractivity contribution in [2.75, 3.05) is 31.3 Å². The van der Waals surface area contributed by atoms with Crippen molar-refractivity contribution in [3.63, 3.8) is 0 Å². The second-order valence-corrected chi connectivity index (χ2v) is 9.59. The van der Waals surface area contributed by atoms with Crippen LogP contribution in [0.3, 0.4) is 0 Å². The lowest BCUT2D eigenvalue weighted by Gasteiger charge is -2.31. The second kappa shape index (κ2) is 11.0. The number of nitrogens with one attached hydrogen (secondary N) is 1. The van der Waals surface area contributed by atoms with E-state index in [4.69, 9.17) is 4.74 Å². The van der Waals surface area contributed by atoms with E-state index in [0.29, 0.717) is 0 Å². The third-order valence-corrected chi connectivity index (χ3v) is 6.33. The van der Waals surface area contributed by atoms with Gasteiger partial charge in [-0.3, -0.25) is 24.0 Å². The van der Waals surface area contributed by atoms with Gasteiger partial charge in [0.05, 0.1) is 18.3 Å². The molecule has 0 fully saturated rings. The van der Waals surface area contributed by atoms with Gasteiger partial charge in [0.2, 0.25) is 21.8 Å². The number of non-ortho nitro benzene ring substituents is 1.